The summed E-state index contributed by atoms with van der Waals surface area (Å²) >= 11 is 0. The average molecular weight is 173 g/mol. The molecule has 1 saturated carbocycles. The molecule has 0 aliphatic heterocycles. The van der Waals surface area contributed by atoms with E-state index in [0.717, 1.165) is 12.8 Å². The lowest BCUT2D eigenvalue weighted by molar-refractivity contribution is -0.147. The first-order chi connectivity index (χ1) is 5.75. The zero-order valence-corrected chi connectivity index (χ0v) is 7.30. The highest BCUT2D eigenvalue weighted by atomic mass is 16.5. The lowest BCUT2D eigenvalue weighted by atomic mass is 10.3. The van der Waals surface area contributed by atoms with Crippen LogP contribution in [0.25, 0.3) is 0 Å². The molecule has 0 unspecified atom stereocenters. The zero-order chi connectivity index (χ0) is 9.03. The molecule has 0 saturated heterocycles. The van der Waals surface area contributed by atoms with Crippen LogP contribution in [0.3, 0.4) is 0 Å². The van der Waals surface area contributed by atoms with E-state index in [1.54, 1.807) is 6.92 Å². The predicted molar refractivity (Wildman–Crippen MR) is 43.7 cm³/mol. The van der Waals surface area contributed by atoms with Crippen LogP contribution in [0.1, 0.15) is 19.8 Å². The van der Waals surface area contributed by atoms with Gasteiger partial charge in [0.1, 0.15) is 5.54 Å². The van der Waals surface area contributed by atoms with Crippen molar-refractivity contribution in [2.24, 2.45) is 0 Å². The first-order valence-corrected chi connectivity index (χ1v) is 4.28. The fourth-order valence-corrected chi connectivity index (χ4v) is 1.14. The molecule has 0 atom stereocenters. The van der Waals surface area contributed by atoms with Crippen LogP contribution in [0.2, 0.25) is 0 Å². The van der Waals surface area contributed by atoms with Gasteiger partial charge in [-0.1, -0.05) is 0 Å². The molecule has 0 bridgehead atoms. The molecule has 0 aromatic heterocycles. The summed E-state index contributed by atoms with van der Waals surface area (Å²) in [5.41, 5.74) is -0.460. The van der Waals surface area contributed by atoms with E-state index in [4.69, 9.17) is 9.84 Å². The van der Waals surface area contributed by atoms with Crippen molar-refractivity contribution in [1.29, 1.82) is 0 Å². The first-order valence-electron chi connectivity index (χ1n) is 4.28. The number of rotatable bonds is 5. The minimum Gasteiger partial charge on any atom is -0.465 e. The first kappa shape index (κ1) is 9.48. The van der Waals surface area contributed by atoms with Gasteiger partial charge in [0.15, 0.2) is 0 Å². The van der Waals surface area contributed by atoms with Crippen LogP contribution >= 0.6 is 0 Å². The molecule has 4 nitrogen and oxygen atoms in total. The number of hydrogen-bond donors (Lipinski definition) is 2. The normalized spacial score (nSPS) is 18.8. The Balaban J connectivity index is 2.32. The Morgan fingerprint density at radius 3 is 2.75 bits per heavy atom. The topological polar surface area (TPSA) is 58.6 Å². The van der Waals surface area contributed by atoms with E-state index in [2.05, 4.69) is 5.32 Å². The summed E-state index contributed by atoms with van der Waals surface area (Å²) in [4.78, 5) is 11.3. The van der Waals surface area contributed by atoms with E-state index in [1.165, 1.54) is 0 Å². The van der Waals surface area contributed by atoms with Crippen molar-refractivity contribution in [1.82, 2.24) is 5.32 Å². The summed E-state index contributed by atoms with van der Waals surface area (Å²) in [6, 6.07) is 0. The summed E-state index contributed by atoms with van der Waals surface area (Å²) in [5, 5.41) is 11.5. The molecule has 1 rings (SSSR count). The maximum atomic E-state index is 11.3. The van der Waals surface area contributed by atoms with E-state index >= 15 is 0 Å². The summed E-state index contributed by atoms with van der Waals surface area (Å²) < 4.78 is 4.88. The summed E-state index contributed by atoms with van der Waals surface area (Å²) in [6.45, 7) is 2.72. The molecule has 0 aromatic carbocycles. The molecule has 0 radical (unpaired) electrons. The maximum Gasteiger partial charge on any atom is 0.326 e. The van der Waals surface area contributed by atoms with Crippen LogP contribution in [0, 0.1) is 0 Å². The van der Waals surface area contributed by atoms with Gasteiger partial charge >= 0.3 is 5.97 Å². The van der Waals surface area contributed by atoms with Gasteiger partial charge in [0, 0.05) is 6.54 Å². The van der Waals surface area contributed by atoms with E-state index in [-0.39, 0.29) is 12.6 Å². The number of hydrogen-bond acceptors (Lipinski definition) is 4. The van der Waals surface area contributed by atoms with Crippen molar-refractivity contribution in [2.45, 2.75) is 25.3 Å². The second-order valence-corrected chi connectivity index (χ2v) is 2.95. The number of carbonyl (C=O) groups excluding carboxylic acids is 1. The molecule has 70 valence electrons. The van der Waals surface area contributed by atoms with Gasteiger partial charge in [-0.25, -0.2) is 0 Å². The molecule has 0 aromatic rings. The third-order valence-corrected chi connectivity index (χ3v) is 1.99. The molecule has 12 heavy (non-hydrogen) atoms. The number of carbonyl (C=O) groups is 1. The van der Waals surface area contributed by atoms with E-state index in [0.29, 0.717) is 13.2 Å². The van der Waals surface area contributed by atoms with Crippen molar-refractivity contribution in [3.63, 3.8) is 0 Å². The molecular weight excluding hydrogens is 158 g/mol. The average Bonchev–Trinajstić information content (AvgIpc) is 2.82. The van der Waals surface area contributed by atoms with Gasteiger partial charge in [-0.15, -0.1) is 0 Å². The molecule has 1 fully saturated rings. The van der Waals surface area contributed by atoms with Crippen molar-refractivity contribution in [2.75, 3.05) is 19.8 Å². The third-order valence-electron chi connectivity index (χ3n) is 1.99. The highest BCUT2D eigenvalue weighted by Gasteiger charge is 2.50. The van der Waals surface area contributed by atoms with E-state index in [1.807, 2.05) is 0 Å². The highest BCUT2D eigenvalue weighted by molar-refractivity contribution is 5.84. The number of ether oxygens (including phenoxy) is 1. The van der Waals surface area contributed by atoms with Crippen LogP contribution in [-0.4, -0.2) is 36.4 Å². The van der Waals surface area contributed by atoms with Gasteiger partial charge in [-0.2, -0.15) is 0 Å². The third kappa shape index (κ3) is 1.95. The van der Waals surface area contributed by atoms with Crippen LogP contribution in [-0.2, 0) is 9.53 Å². The SMILES string of the molecule is CCOC(=O)C1(NCCO)CC1. The number of aliphatic hydroxyl groups excluding tert-OH is 1. The molecule has 0 heterocycles. The Labute approximate surface area is 71.9 Å². The van der Waals surface area contributed by atoms with Gasteiger partial charge in [0.25, 0.3) is 0 Å². The number of β-amino-alcohol motifs (C(OH)–C–C–N with tert-alkyl or cyclic N) is 1. The summed E-state index contributed by atoms with van der Waals surface area (Å²) in [5.74, 6) is -0.182. The predicted octanol–water partition coefficient (Wildman–Crippen LogP) is -0.336. The number of aliphatic hydroxyl groups is 1. The lowest BCUT2D eigenvalue weighted by Gasteiger charge is -2.14. The Hall–Kier alpha value is -0.610. The van der Waals surface area contributed by atoms with Gasteiger partial charge in [0.05, 0.1) is 13.2 Å². The molecule has 4 heteroatoms. The lowest BCUT2D eigenvalue weighted by Crippen LogP contribution is -2.41. The van der Waals surface area contributed by atoms with E-state index in [9.17, 15) is 4.79 Å². The Kier molecular flexibility index (Phi) is 3.05. The van der Waals surface area contributed by atoms with Crippen molar-refractivity contribution < 1.29 is 14.6 Å². The standard InChI is InChI=1S/C8H15NO3/c1-2-12-7(11)8(3-4-8)9-5-6-10/h9-10H,2-6H2,1H3. The molecular formula is C8H15NO3. The maximum absolute atomic E-state index is 11.3. The Morgan fingerprint density at radius 1 is 1.67 bits per heavy atom. The van der Waals surface area contributed by atoms with Crippen LogP contribution in [0.15, 0.2) is 0 Å². The second-order valence-electron chi connectivity index (χ2n) is 2.95. The largest absolute Gasteiger partial charge is 0.465 e. The quantitative estimate of drug-likeness (QED) is 0.559. The number of esters is 1. The Morgan fingerprint density at radius 2 is 2.33 bits per heavy atom. The molecule has 1 aliphatic rings. The molecule has 0 spiro atoms. The smallest absolute Gasteiger partial charge is 0.326 e. The monoisotopic (exact) mass is 173 g/mol. The molecule has 0 amide bonds. The van der Waals surface area contributed by atoms with E-state index < -0.39 is 5.54 Å². The zero-order valence-electron chi connectivity index (χ0n) is 7.30. The van der Waals surface area contributed by atoms with Crippen molar-refractivity contribution in [3.05, 3.63) is 0 Å². The molecule has 2 N–H and O–H groups in total. The summed E-state index contributed by atoms with van der Waals surface area (Å²) in [6.07, 6.45) is 1.65. The molecule has 1 aliphatic carbocycles. The van der Waals surface area contributed by atoms with Crippen molar-refractivity contribution in [3.8, 4) is 0 Å². The van der Waals surface area contributed by atoms with Gasteiger partial charge in [0.2, 0.25) is 0 Å². The van der Waals surface area contributed by atoms with Crippen LogP contribution in [0.5, 0.6) is 0 Å². The minimum atomic E-state index is -0.460. The second kappa shape index (κ2) is 3.87. The fraction of sp³-hybridized carbons (Fsp3) is 0.875. The van der Waals surface area contributed by atoms with Crippen LogP contribution < -0.4 is 5.32 Å². The fourth-order valence-electron chi connectivity index (χ4n) is 1.14. The van der Waals surface area contributed by atoms with Crippen molar-refractivity contribution >= 4 is 5.97 Å². The highest BCUT2D eigenvalue weighted by Crippen LogP contribution is 2.36. The number of nitrogens with one attached hydrogen (secondary N) is 1. The van der Waals surface area contributed by atoms with Gasteiger partial charge in [-0.05, 0) is 19.8 Å². The Bertz CT molecular complexity index is 166. The van der Waals surface area contributed by atoms with Gasteiger partial charge in [-0.3, -0.25) is 10.1 Å². The van der Waals surface area contributed by atoms with Gasteiger partial charge < -0.3 is 9.84 Å². The summed E-state index contributed by atoms with van der Waals surface area (Å²) in [7, 11) is 0. The minimum absolute atomic E-state index is 0.0567. The van der Waals surface area contributed by atoms with Crippen LogP contribution in [0.4, 0.5) is 0 Å².